The molecule has 0 spiro atoms. The zero-order valence-corrected chi connectivity index (χ0v) is 8.39. The van der Waals surface area contributed by atoms with Gasteiger partial charge in [0.05, 0.1) is 18.2 Å². The van der Waals surface area contributed by atoms with E-state index in [4.69, 9.17) is 10.2 Å². The number of carboxylic acid groups (broad SMARTS) is 1. The topological polar surface area (TPSA) is 75.3 Å². The number of hydrogen-bond acceptors (Lipinski definition) is 3. The number of aliphatic hydroxyl groups is 1. The van der Waals surface area contributed by atoms with Crippen LogP contribution in [0.15, 0.2) is 6.20 Å². The largest absolute Gasteiger partial charge is 0.481 e. The molecule has 0 amide bonds. The molecule has 1 aliphatic rings. The summed E-state index contributed by atoms with van der Waals surface area (Å²) in [7, 11) is 0. The molecule has 1 aliphatic heterocycles. The Bertz CT molecular complexity index is 373. The molecule has 5 nitrogen and oxygen atoms in total. The summed E-state index contributed by atoms with van der Waals surface area (Å²) in [5.74, 6) is -0.427. The van der Waals surface area contributed by atoms with Crippen molar-refractivity contribution >= 4 is 5.97 Å². The molecule has 2 heterocycles. The minimum absolute atomic E-state index is 0.0498. The van der Waals surface area contributed by atoms with Crippen LogP contribution in [-0.4, -0.2) is 32.3 Å². The average Bonchev–Trinajstić information content (AvgIpc) is 2.62. The lowest BCUT2D eigenvalue weighted by molar-refractivity contribution is -0.139. The molecular formula is C10H14N2O3. The van der Waals surface area contributed by atoms with Gasteiger partial charge in [-0.25, -0.2) is 4.98 Å². The second kappa shape index (κ2) is 4.02. The third-order valence-corrected chi connectivity index (χ3v) is 2.83. The lowest BCUT2D eigenvalue weighted by Crippen LogP contribution is -2.22. The quantitative estimate of drug-likeness (QED) is 0.756. The van der Waals surface area contributed by atoms with Crippen LogP contribution in [-0.2, 0) is 17.8 Å². The van der Waals surface area contributed by atoms with Crippen LogP contribution < -0.4 is 0 Å². The number of aliphatic carboxylic acids is 1. The van der Waals surface area contributed by atoms with Crippen LogP contribution in [0, 0.1) is 0 Å². The fourth-order valence-corrected chi connectivity index (χ4v) is 2.12. The van der Waals surface area contributed by atoms with E-state index in [1.54, 1.807) is 6.20 Å². The molecule has 0 bridgehead atoms. The van der Waals surface area contributed by atoms with Gasteiger partial charge in [0.25, 0.3) is 0 Å². The van der Waals surface area contributed by atoms with Crippen molar-refractivity contribution in [1.82, 2.24) is 9.55 Å². The van der Waals surface area contributed by atoms with Gasteiger partial charge in [-0.2, -0.15) is 0 Å². The molecule has 15 heavy (non-hydrogen) atoms. The number of hydrogen-bond donors (Lipinski definition) is 2. The van der Waals surface area contributed by atoms with Gasteiger partial charge in [-0.1, -0.05) is 0 Å². The Balaban J connectivity index is 2.33. The van der Waals surface area contributed by atoms with E-state index in [-0.39, 0.29) is 6.61 Å². The third kappa shape index (κ3) is 1.74. The molecule has 2 N–H and O–H groups in total. The molecule has 0 saturated heterocycles. The number of aliphatic hydroxyl groups excluding tert-OH is 1. The molecule has 0 aromatic carbocycles. The molecule has 5 heteroatoms. The highest BCUT2D eigenvalue weighted by molar-refractivity contribution is 5.75. The Morgan fingerprint density at radius 3 is 3.13 bits per heavy atom. The second-order valence-electron chi connectivity index (χ2n) is 3.76. The van der Waals surface area contributed by atoms with Gasteiger partial charge >= 0.3 is 5.97 Å². The van der Waals surface area contributed by atoms with Crippen molar-refractivity contribution in [2.24, 2.45) is 0 Å². The highest BCUT2D eigenvalue weighted by Gasteiger charge is 2.28. The number of aromatic nitrogens is 2. The maximum atomic E-state index is 11.0. The molecule has 2 rings (SSSR count). The normalized spacial score (nSPS) is 19.9. The molecule has 0 saturated carbocycles. The van der Waals surface area contributed by atoms with E-state index in [0.717, 1.165) is 24.5 Å². The zero-order chi connectivity index (χ0) is 10.8. The Morgan fingerprint density at radius 2 is 2.47 bits per heavy atom. The lowest BCUT2D eigenvalue weighted by atomic mass is 9.96. The van der Waals surface area contributed by atoms with Gasteiger partial charge in [0.1, 0.15) is 5.82 Å². The first kappa shape index (κ1) is 10.2. The van der Waals surface area contributed by atoms with Crippen molar-refractivity contribution in [2.45, 2.75) is 31.7 Å². The minimum Gasteiger partial charge on any atom is -0.481 e. The number of carboxylic acids is 1. The molecule has 1 unspecified atom stereocenters. The minimum atomic E-state index is -0.786. The third-order valence-electron chi connectivity index (χ3n) is 2.83. The Kier molecular flexibility index (Phi) is 2.73. The molecule has 1 aromatic rings. The lowest BCUT2D eigenvalue weighted by Gasteiger charge is -2.22. The van der Waals surface area contributed by atoms with E-state index in [9.17, 15) is 4.79 Å². The van der Waals surface area contributed by atoms with Gasteiger partial charge in [0.2, 0.25) is 0 Å². The van der Waals surface area contributed by atoms with Crippen LogP contribution in [0.2, 0.25) is 0 Å². The van der Waals surface area contributed by atoms with Crippen LogP contribution in [0.4, 0.5) is 0 Å². The number of fused-ring (bicyclic) bond motifs is 1. The summed E-state index contributed by atoms with van der Waals surface area (Å²) in [4.78, 5) is 15.2. The van der Waals surface area contributed by atoms with E-state index < -0.39 is 11.9 Å². The summed E-state index contributed by atoms with van der Waals surface area (Å²) in [6, 6.07) is 0. The number of rotatable bonds is 3. The number of imidazole rings is 1. The average molecular weight is 210 g/mol. The van der Waals surface area contributed by atoms with E-state index in [0.29, 0.717) is 12.8 Å². The van der Waals surface area contributed by atoms with Crippen molar-refractivity contribution in [2.75, 3.05) is 6.61 Å². The SMILES string of the molecule is O=C(O)C1CCCn2c1cnc2CCO. The first-order valence-corrected chi connectivity index (χ1v) is 5.12. The van der Waals surface area contributed by atoms with Crippen molar-refractivity contribution in [1.29, 1.82) is 0 Å². The van der Waals surface area contributed by atoms with Crippen molar-refractivity contribution < 1.29 is 15.0 Å². The monoisotopic (exact) mass is 210 g/mol. The maximum Gasteiger partial charge on any atom is 0.312 e. The maximum absolute atomic E-state index is 11.0. The molecule has 0 fully saturated rings. The highest BCUT2D eigenvalue weighted by atomic mass is 16.4. The Morgan fingerprint density at radius 1 is 1.67 bits per heavy atom. The van der Waals surface area contributed by atoms with Crippen LogP contribution in [0.25, 0.3) is 0 Å². The molecule has 1 aromatic heterocycles. The fraction of sp³-hybridized carbons (Fsp3) is 0.600. The summed E-state index contributed by atoms with van der Waals surface area (Å²) in [6.45, 7) is 0.864. The van der Waals surface area contributed by atoms with Gasteiger partial charge in [0, 0.05) is 19.2 Å². The summed E-state index contributed by atoms with van der Waals surface area (Å²) in [5, 5.41) is 17.9. The van der Waals surface area contributed by atoms with Crippen LogP contribution in [0.1, 0.15) is 30.3 Å². The van der Waals surface area contributed by atoms with Crippen LogP contribution in [0.3, 0.4) is 0 Å². The molecule has 82 valence electrons. The molecular weight excluding hydrogens is 196 g/mol. The van der Waals surface area contributed by atoms with Crippen molar-refractivity contribution in [3.63, 3.8) is 0 Å². The van der Waals surface area contributed by atoms with Crippen molar-refractivity contribution in [3.8, 4) is 0 Å². The van der Waals surface area contributed by atoms with E-state index in [1.807, 2.05) is 4.57 Å². The van der Waals surface area contributed by atoms with Gasteiger partial charge in [0.15, 0.2) is 0 Å². The zero-order valence-electron chi connectivity index (χ0n) is 8.39. The smallest absolute Gasteiger partial charge is 0.312 e. The van der Waals surface area contributed by atoms with E-state index >= 15 is 0 Å². The van der Waals surface area contributed by atoms with E-state index in [2.05, 4.69) is 4.98 Å². The molecule has 0 aliphatic carbocycles. The van der Waals surface area contributed by atoms with Gasteiger partial charge in [-0.05, 0) is 12.8 Å². The van der Waals surface area contributed by atoms with Gasteiger partial charge < -0.3 is 14.8 Å². The second-order valence-corrected chi connectivity index (χ2v) is 3.76. The standard InChI is InChI=1S/C10H14N2O3/c13-5-3-9-11-6-8-7(10(14)15)2-1-4-12(8)9/h6-7,13H,1-5H2,(H,14,15). The number of carbonyl (C=O) groups is 1. The first-order valence-electron chi connectivity index (χ1n) is 5.12. The molecule has 0 radical (unpaired) electrons. The van der Waals surface area contributed by atoms with E-state index in [1.165, 1.54) is 0 Å². The first-order chi connectivity index (χ1) is 7.24. The predicted octanol–water partition coefficient (Wildman–Crippen LogP) is 0.380. The predicted molar refractivity (Wildman–Crippen MR) is 52.6 cm³/mol. The summed E-state index contributed by atoms with van der Waals surface area (Å²) in [6.07, 6.45) is 3.66. The van der Waals surface area contributed by atoms with Gasteiger partial charge in [-0.3, -0.25) is 4.79 Å². The summed E-state index contributed by atoms with van der Waals surface area (Å²) < 4.78 is 1.93. The highest BCUT2D eigenvalue weighted by Crippen LogP contribution is 2.28. The van der Waals surface area contributed by atoms with Gasteiger partial charge in [-0.15, -0.1) is 0 Å². The summed E-state index contributed by atoms with van der Waals surface area (Å²) >= 11 is 0. The van der Waals surface area contributed by atoms with Crippen LogP contribution in [0.5, 0.6) is 0 Å². The van der Waals surface area contributed by atoms with Crippen molar-refractivity contribution in [3.05, 3.63) is 17.7 Å². The summed E-state index contributed by atoms with van der Waals surface area (Å²) in [5.41, 5.74) is 0.775. The van der Waals surface area contributed by atoms with Crippen LogP contribution >= 0.6 is 0 Å². The fourth-order valence-electron chi connectivity index (χ4n) is 2.12. The Hall–Kier alpha value is -1.36. The molecule has 1 atom stereocenters. The number of nitrogens with zero attached hydrogens (tertiary/aromatic N) is 2. The Labute approximate surface area is 87.4 Å².